The molecule has 20 heavy (non-hydrogen) atoms. The molecule has 0 aliphatic carbocycles. The van der Waals surface area contributed by atoms with Crippen LogP contribution in [0.4, 0.5) is 0 Å². The Hall–Kier alpha value is -1.83. The van der Waals surface area contributed by atoms with E-state index >= 15 is 0 Å². The molecule has 1 fully saturated rings. The predicted molar refractivity (Wildman–Crippen MR) is 76.2 cm³/mol. The van der Waals surface area contributed by atoms with Gasteiger partial charge >= 0.3 is 5.97 Å². The fraction of sp³-hybridized carbons (Fsp3) is 0.438. The van der Waals surface area contributed by atoms with Gasteiger partial charge in [-0.2, -0.15) is 0 Å². The second-order valence-corrected chi connectivity index (χ2v) is 5.36. The quantitative estimate of drug-likeness (QED) is 0.816. The van der Waals surface area contributed by atoms with Crippen molar-refractivity contribution in [1.29, 1.82) is 0 Å². The summed E-state index contributed by atoms with van der Waals surface area (Å²) in [6.07, 6.45) is 1.48. The first-order valence-corrected chi connectivity index (χ1v) is 6.75. The fourth-order valence-electron chi connectivity index (χ4n) is 2.46. The topological polar surface area (TPSA) is 60.8 Å². The van der Waals surface area contributed by atoms with Crippen molar-refractivity contribution in [1.82, 2.24) is 4.90 Å². The molecule has 1 aliphatic rings. The number of hydrogen-bond donors (Lipinski definition) is 2. The Bertz CT molecular complexity index is 528. The molecule has 1 saturated heterocycles. The Kier molecular flexibility index (Phi) is 4.43. The van der Waals surface area contributed by atoms with Gasteiger partial charge in [-0.15, -0.1) is 0 Å². The van der Waals surface area contributed by atoms with E-state index in [1.165, 1.54) is 0 Å². The number of carbonyl (C=O) groups is 1. The lowest BCUT2D eigenvalue weighted by Gasteiger charge is -2.27. The van der Waals surface area contributed by atoms with Crippen LogP contribution in [0.2, 0.25) is 0 Å². The molecule has 0 unspecified atom stereocenters. The van der Waals surface area contributed by atoms with Gasteiger partial charge in [0.05, 0.1) is 0 Å². The summed E-state index contributed by atoms with van der Waals surface area (Å²) in [6, 6.07) is 8.93. The number of hydrogen-bond acceptors (Lipinski definition) is 3. The molecule has 106 valence electrons. The maximum atomic E-state index is 11.1. The first kappa shape index (κ1) is 14.6. The molecule has 2 rings (SSSR count). The van der Waals surface area contributed by atoms with Gasteiger partial charge in [-0.05, 0) is 38.4 Å². The van der Waals surface area contributed by atoms with Crippen molar-refractivity contribution in [3.63, 3.8) is 0 Å². The van der Waals surface area contributed by atoms with E-state index < -0.39 is 17.6 Å². The molecule has 1 aromatic carbocycles. The SMILES string of the molecule is C[C@@](O)(C#Cc1ccccc1)CN1CCC[C@H]1C(=O)O. The number of nitrogens with zero attached hydrogens (tertiary/aromatic N) is 1. The van der Waals surface area contributed by atoms with Crippen molar-refractivity contribution in [2.75, 3.05) is 13.1 Å². The van der Waals surface area contributed by atoms with Gasteiger partial charge in [-0.3, -0.25) is 9.69 Å². The molecule has 4 heteroatoms. The monoisotopic (exact) mass is 273 g/mol. The van der Waals surface area contributed by atoms with Crippen molar-refractivity contribution in [2.45, 2.75) is 31.4 Å². The normalized spacial score (nSPS) is 21.8. The van der Waals surface area contributed by atoms with Gasteiger partial charge in [0.2, 0.25) is 0 Å². The van der Waals surface area contributed by atoms with E-state index in [0.29, 0.717) is 13.0 Å². The van der Waals surface area contributed by atoms with Crippen LogP contribution in [0.25, 0.3) is 0 Å². The average Bonchev–Trinajstić information content (AvgIpc) is 2.85. The molecule has 0 amide bonds. The Morgan fingerprint density at radius 3 is 2.80 bits per heavy atom. The third-order valence-electron chi connectivity index (χ3n) is 3.41. The van der Waals surface area contributed by atoms with Crippen LogP contribution in [0.5, 0.6) is 0 Å². The lowest BCUT2D eigenvalue weighted by Crippen LogP contribution is -2.45. The highest BCUT2D eigenvalue weighted by atomic mass is 16.4. The zero-order valence-electron chi connectivity index (χ0n) is 11.5. The van der Waals surface area contributed by atoms with Crippen molar-refractivity contribution in [3.05, 3.63) is 35.9 Å². The summed E-state index contributed by atoms with van der Waals surface area (Å²) in [5.41, 5.74) is -0.377. The zero-order valence-corrected chi connectivity index (χ0v) is 11.5. The number of carboxylic acids is 1. The molecule has 0 bridgehead atoms. The molecule has 4 nitrogen and oxygen atoms in total. The van der Waals surface area contributed by atoms with E-state index in [2.05, 4.69) is 11.8 Å². The zero-order chi connectivity index (χ0) is 14.6. The van der Waals surface area contributed by atoms with Crippen LogP contribution in [-0.2, 0) is 4.79 Å². The number of rotatable bonds is 3. The summed E-state index contributed by atoms with van der Waals surface area (Å²) in [5, 5.41) is 19.5. The highest BCUT2D eigenvalue weighted by molar-refractivity contribution is 5.73. The highest BCUT2D eigenvalue weighted by Crippen LogP contribution is 2.20. The lowest BCUT2D eigenvalue weighted by atomic mass is 10.1. The maximum absolute atomic E-state index is 11.1. The van der Waals surface area contributed by atoms with Gasteiger partial charge in [0.1, 0.15) is 11.6 Å². The Morgan fingerprint density at radius 1 is 1.45 bits per heavy atom. The minimum atomic E-state index is -1.21. The Labute approximate surface area is 119 Å². The van der Waals surface area contributed by atoms with Crippen LogP contribution >= 0.6 is 0 Å². The van der Waals surface area contributed by atoms with Crippen molar-refractivity contribution in [3.8, 4) is 11.8 Å². The van der Waals surface area contributed by atoms with E-state index in [0.717, 1.165) is 12.0 Å². The molecule has 0 spiro atoms. The van der Waals surface area contributed by atoms with Crippen molar-refractivity contribution < 1.29 is 15.0 Å². The number of aliphatic carboxylic acids is 1. The lowest BCUT2D eigenvalue weighted by molar-refractivity contribution is -0.142. The summed E-state index contributed by atoms with van der Waals surface area (Å²) in [4.78, 5) is 12.9. The van der Waals surface area contributed by atoms with E-state index in [1.807, 2.05) is 30.3 Å². The van der Waals surface area contributed by atoms with Crippen LogP contribution in [0.3, 0.4) is 0 Å². The smallest absolute Gasteiger partial charge is 0.320 e. The maximum Gasteiger partial charge on any atom is 0.320 e. The van der Waals surface area contributed by atoms with Gasteiger partial charge in [0.25, 0.3) is 0 Å². The Balaban J connectivity index is 2.04. The number of aliphatic hydroxyl groups is 1. The van der Waals surface area contributed by atoms with Crippen LogP contribution in [0, 0.1) is 11.8 Å². The molecule has 0 saturated carbocycles. The number of β-amino-alcohol motifs (C(OH)–C–C–N with tert-alkyl or cyclic N) is 1. The van der Waals surface area contributed by atoms with E-state index in [-0.39, 0.29) is 6.54 Å². The predicted octanol–water partition coefficient (Wildman–Crippen LogP) is 1.34. The van der Waals surface area contributed by atoms with Crippen LogP contribution in [-0.4, -0.2) is 45.8 Å². The molecule has 0 radical (unpaired) electrons. The minimum Gasteiger partial charge on any atom is -0.480 e. The summed E-state index contributed by atoms with van der Waals surface area (Å²) in [6.45, 7) is 2.57. The minimum absolute atomic E-state index is 0.254. The fourth-order valence-corrected chi connectivity index (χ4v) is 2.46. The summed E-state index contributed by atoms with van der Waals surface area (Å²) in [5.74, 6) is 4.94. The number of carboxylic acid groups (broad SMARTS) is 1. The second-order valence-electron chi connectivity index (χ2n) is 5.36. The summed E-state index contributed by atoms with van der Waals surface area (Å²) >= 11 is 0. The van der Waals surface area contributed by atoms with Crippen LogP contribution in [0.15, 0.2) is 30.3 Å². The molecular weight excluding hydrogens is 254 g/mol. The molecule has 1 aliphatic heterocycles. The molecule has 2 atom stereocenters. The number of likely N-dealkylation sites (tertiary alicyclic amines) is 1. The van der Waals surface area contributed by atoms with Gasteiger partial charge < -0.3 is 10.2 Å². The molecule has 1 heterocycles. The number of benzene rings is 1. The first-order valence-electron chi connectivity index (χ1n) is 6.75. The average molecular weight is 273 g/mol. The molecule has 0 aromatic heterocycles. The van der Waals surface area contributed by atoms with Crippen LogP contribution < -0.4 is 0 Å². The largest absolute Gasteiger partial charge is 0.480 e. The molecular formula is C16H19NO3. The van der Waals surface area contributed by atoms with Gasteiger partial charge in [-0.25, -0.2) is 0 Å². The van der Waals surface area contributed by atoms with Crippen LogP contribution in [0.1, 0.15) is 25.3 Å². The van der Waals surface area contributed by atoms with Crippen molar-refractivity contribution in [2.24, 2.45) is 0 Å². The third-order valence-corrected chi connectivity index (χ3v) is 3.41. The standard InChI is InChI=1S/C16H19NO3/c1-16(20,10-9-13-6-3-2-4-7-13)12-17-11-5-8-14(17)15(18)19/h2-4,6-7,14,20H,5,8,11-12H2,1H3,(H,18,19)/t14-,16+/m0/s1. The van der Waals surface area contributed by atoms with E-state index in [4.69, 9.17) is 5.11 Å². The highest BCUT2D eigenvalue weighted by Gasteiger charge is 2.34. The van der Waals surface area contributed by atoms with Crippen molar-refractivity contribution >= 4 is 5.97 Å². The van der Waals surface area contributed by atoms with E-state index in [9.17, 15) is 9.90 Å². The third kappa shape index (κ3) is 3.83. The molecule has 2 N–H and O–H groups in total. The summed E-state index contributed by atoms with van der Waals surface area (Å²) < 4.78 is 0. The Morgan fingerprint density at radius 2 is 2.15 bits per heavy atom. The van der Waals surface area contributed by atoms with Gasteiger partial charge in [0.15, 0.2) is 0 Å². The van der Waals surface area contributed by atoms with E-state index in [1.54, 1.807) is 11.8 Å². The second kappa shape index (κ2) is 6.08. The summed E-state index contributed by atoms with van der Waals surface area (Å²) in [7, 11) is 0. The molecule has 1 aromatic rings. The van der Waals surface area contributed by atoms with Gasteiger partial charge in [-0.1, -0.05) is 30.0 Å². The van der Waals surface area contributed by atoms with Gasteiger partial charge in [0, 0.05) is 12.1 Å². The first-order chi connectivity index (χ1) is 9.48.